The molecule has 1 saturated carbocycles. The first kappa shape index (κ1) is 17.3. The Morgan fingerprint density at radius 2 is 2.04 bits per heavy atom. The average molecular weight is 376 g/mol. The number of amides is 1. The quantitative estimate of drug-likeness (QED) is 0.741. The van der Waals surface area contributed by atoms with Gasteiger partial charge in [0.15, 0.2) is 5.69 Å². The molecule has 7 nitrogen and oxygen atoms in total. The summed E-state index contributed by atoms with van der Waals surface area (Å²) >= 11 is 0. The first-order chi connectivity index (χ1) is 13.6. The average Bonchev–Trinajstić information content (AvgIpc) is 3.32. The lowest BCUT2D eigenvalue weighted by atomic mass is 9.78. The molecule has 3 heterocycles. The van der Waals surface area contributed by atoms with E-state index >= 15 is 0 Å². The molecule has 28 heavy (non-hydrogen) atoms. The highest BCUT2D eigenvalue weighted by Crippen LogP contribution is 2.36. The van der Waals surface area contributed by atoms with E-state index in [1.807, 2.05) is 42.2 Å². The third kappa shape index (κ3) is 2.69. The minimum Gasteiger partial charge on any atom is -0.337 e. The minimum atomic E-state index is -0.0430. The molecule has 1 aliphatic heterocycles. The molecule has 2 aliphatic rings. The molecule has 7 heteroatoms. The van der Waals surface area contributed by atoms with Gasteiger partial charge >= 0.3 is 0 Å². The lowest BCUT2D eigenvalue weighted by molar-refractivity contribution is 0.0777. The molecule has 1 saturated heterocycles. The Kier molecular flexibility index (Phi) is 4.12. The third-order valence-electron chi connectivity index (χ3n) is 6.38. The van der Waals surface area contributed by atoms with Gasteiger partial charge in [0.25, 0.3) is 5.91 Å². The number of benzene rings is 1. The second-order valence-electron chi connectivity index (χ2n) is 8.02. The Labute approximate surface area is 163 Å². The number of para-hydroxylation sites is 1. The molecule has 0 radical (unpaired) electrons. The summed E-state index contributed by atoms with van der Waals surface area (Å²) in [5.74, 6) is 0.888. The van der Waals surface area contributed by atoms with Gasteiger partial charge in [0, 0.05) is 30.7 Å². The number of rotatable bonds is 2. The van der Waals surface area contributed by atoms with Crippen LogP contribution >= 0.6 is 0 Å². The smallest absolute Gasteiger partial charge is 0.276 e. The molecular formula is C21H24N6O. The normalized spacial score (nSPS) is 24.5. The van der Waals surface area contributed by atoms with Crippen LogP contribution in [0.15, 0.2) is 36.5 Å². The predicted molar refractivity (Wildman–Crippen MR) is 106 cm³/mol. The van der Waals surface area contributed by atoms with Crippen LogP contribution in [0.1, 0.15) is 35.4 Å². The summed E-state index contributed by atoms with van der Waals surface area (Å²) in [5, 5.41) is 9.56. The van der Waals surface area contributed by atoms with Crippen molar-refractivity contribution in [1.29, 1.82) is 0 Å². The number of nitrogens with zero attached hydrogens (tertiary/aromatic N) is 5. The number of aromatic nitrogens is 4. The summed E-state index contributed by atoms with van der Waals surface area (Å²) in [7, 11) is 0. The van der Waals surface area contributed by atoms with Crippen molar-refractivity contribution >= 4 is 16.8 Å². The van der Waals surface area contributed by atoms with Crippen LogP contribution in [0.3, 0.4) is 0 Å². The Balaban J connectivity index is 1.47. The van der Waals surface area contributed by atoms with Gasteiger partial charge in [0.05, 0.1) is 16.9 Å². The Hall–Kier alpha value is -2.80. The summed E-state index contributed by atoms with van der Waals surface area (Å²) in [6.07, 6.45) is 5.15. The van der Waals surface area contributed by atoms with Crippen molar-refractivity contribution < 1.29 is 4.79 Å². The van der Waals surface area contributed by atoms with E-state index in [4.69, 9.17) is 5.73 Å². The molecule has 1 aromatic carbocycles. The lowest BCUT2D eigenvalue weighted by Gasteiger charge is -2.29. The zero-order chi connectivity index (χ0) is 19.3. The van der Waals surface area contributed by atoms with Crippen molar-refractivity contribution in [2.24, 2.45) is 17.6 Å². The summed E-state index contributed by atoms with van der Waals surface area (Å²) in [5.41, 5.74) is 9.14. The molecule has 1 aliphatic carbocycles. The molecule has 3 aromatic rings. The van der Waals surface area contributed by atoms with Crippen LogP contribution in [0.25, 0.3) is 16.6 Å². The van der Waals surface area contributed by atoms with E-state index < -0.39 is 0 Å². The fourth-order valence-corrected chi connectivity index (χ4v) is 4.85. The highest BCUT2D eigenvalue weighted by atomic mass is 16.2. The molecule has 2 fully saturated rings. The maximum Gasteiger partial charge on any atom is 0.276 e. The molecule has 0 spiro atoms. The van der Waals surface area contributed by atoms with Crippen molar-refractivity contribution in [3.05, 3.63) is 47.9 Å². The topological polar surface area (TPSA) is 89.9 Å². The molecule has 144 valence electrons. The summed E-state index contributed by atoms with van der Waals surface area (Å²) in [6, 6.07) is 10.1. The van der Waals surface area contributed by atoms with E-state index in [-0.39, 0.29) is 11.9 Å². The SMILES string of the molecule is Cc1c(C(=O)N2CC3CCCC(N)C3C2)nnn1-c1cccc2cccnc12. The standard InChI is InChI=1S/C21H24N6O/c1-13-19(21(28)26-11-15-6-2-8-17(22)16(15)12-26)24-25-27(13)18-9-3-5-14-7-4-10-23-20(14)18/h3-5,7,9-10,15-17H,2,6,8,11-12,22H2,1H3. The Bertz CT molecular complexity index is 1040. The molecule has 2 aromatic heterocycles. The van der Waals surface area contributed by atoms with Crippen molar-refractivity contribution in [2.75, 3.05) is 13.1 Å². The molecule has 3 atom stereocenters. The van der Waals surface area contributed by atoms with Gasteiger partial charge in [-0.2, -0.15) is 0 Å². The van der Waals surface area contributed by atoms with Crippen molar-refractivity contribution in [1.82, 2.24) is 24.9 Å². The van der Waals surface area contributed by atoms with Gasteiger partial charge < -0.3 is 10.6 Å². The van der Waals surface area contributed by atoms with Crippen LogP contribution in [-0.4, -0.2) is 49.9 Å². The van der Waals surface area contributed by atoms with Gasteiger partial charge in [-0.25, -0.2) is 4.68 Å². The number of pyridine rings is 1. The highest BCUT2D eigenvalue weighted by Gasteiger charge is 2.41. The Morgan fingerprint density at radius 3 is 2.89 bits per heavy atom. The van der Waals surface area contributed by atoms with Gasteiger partial charge in [0.2, 0.25) is 0 Å². The molecule has 1 amide bonds. The number of hydrogen-bond donors (Lipinski definition) is 1. The first-order valence-electron chi connectivity index (χ1n) is 9.95. The molecular weight excluding hydrogens is 352 g/mol. The van der Waals surface area contributed by atoms with Crippen molar-refractivity contribution in [3.8, 4) is 5.69 Å². The fourth-order valence-electron chi connectivity index (χ4n) is 4.85. The monoisotopic (exact) mass is 376 g/mol. The minimum absolute atomic E-state index is 0.0430. The van der Waals surface area contributed by atoms with Gasteiger partial charge in [0.1, 0.15) is 0 Å². The van der Waals surface area contributed by atoms with E-state index in [9.17, 15) is 4.79 Å². The van der Waals surface area contributed by atoms with Gasteiger partial charge in [-0.3, -0.25) is 9.78 Å². The Morgan fingerprint density at radius 1 is 1.18 bits per heavy atom. The molecule has 3 unspecified atom stereocenters. The lowest BCUT2D eigenvalue weighted by Crippen LogP contribution is -2.38. The van der Waals surface area contributed by atoms with E-state index in [2.05, 4.69) is 15.3 Å². The number of hydrogen-bond acceptors (Lipinski definition) is 5. The zero-order valence-electron chi connectivity index (χ0n) is 16.0. The number of nitrogens with two attached hydrogens (primary N) is 1. The highest BCUT2D eigenvalue weighted by molar-refractivity contribution is 5.94. The van der Waals surface area contributed by atoms with E-state index in [0.717, 1.165) is 54.6 Å². The second-order valence-corrected chi connectivity index (χ2v) is 8.02. The number of carbonyl (C=O) groups is 1. The fraction of sp³-hybridized carbons (Fsp3) is 0.429. The summed E-state index contributed by atoms with van der Waals surface area (Å²) < 4.78 is 1.72. The summed E-state index contributed by atoms with van der Waals surface area (Å²) in [6.45, 7) is 3.40. The number of carbonyl (C=O) groups excluding carboxylic acids is 1. The van der Waals surface area contributed by atoms with Crippen LogP contribution < -0.4 is 5.73 Å². The molecule has 5 rings (SSSR count). The second kappa shape index (κ2) is 6.67. The number of fused-ring (bicyclic) bond motifs is 2. The van der Waals surface area contributed by atoms with Crippen LogP contribution in [-0.2, 0) is 0 Å². The van der Waals surface area contributed by atoms with Crippen LogP contribution in [0.2, 0.25) is 0 Å². The predicted octanol–water partition coefficient (Wildman–Crippen LogP) is 2.32. The maximum atomic E-state index is 13.2. The summed E-state index contributed by atoms with van der Waals surface area (Å²) in [4.78, 5) is 19.6. The van der Waals surface area contributed by atoms with E-state index in [0.29, 0.717) is 17.5 Å². The van der Waals surface area contributed by atoms with Crippen molar-refractivity contribution in [2.45, 2.75) is 32.2 Å². The third-order valence-corrected chi connectivity index (χ3v) is 6.38. The van der Waals surface area contributed by atoms with E-state index in [1.165, 1.54) is 0 Å². The zero-order valence-corrected chi connectivity index (χ0v) is 16.0. The van der Waals surface area contributed by atoms with E-state index in [1.54, 1.807) is 10.9 Å². The van der Waals surface area contributed by atoms with Crippen LogP contribution in [0.4, 0.5) is 0 Å². The van der Waals surface area contributed by atoms with Gasteiger partial charge in [-0.15, -0.1) is 5.10 Å². The maximum absolute atomic E-state index is 13.2. The van der Waals surface area contributed by atoms with Crippen LogP contribution in [0.5, 0.6) is 0 Å². The number of likely N-dealkylation sites (tertiary alicyclic amines) is 1. The first-order valence-corrected chi connectivity index (χ1v) is 9.95. The van der Waals surface area contributed by atoms with Crippen LogP contribution in [0, 0.1) is 18.8 Å². The molecule has 0 bridgehead atoms. The van der Waals surface area contributed by atoms with Crippen molar-refractivity contribution in [3.63, 3.8) is 0 Å². The van der Waals surface area contributed by atoms with Gasteiger partial charge in [-0.1, -0.05) is 29.8 Å². The molecule has 2 N–H and O–H groups in total. The largest absolute Gasteiger partial charge is 0.337 e. The van der Waals surface area contributed by atoms with Gasteiger partial charge in [-0.05, 0) is 43.7 Å².